The molecule has 0 aliphatic rings. The second-order valence-electron chi connectivity index (χ2n) is 4.28. The number of amides is 1. The van der Waals surface area contributed by atoms with Crippen LogP contribution in [0.15, 0.2) is 24.3 Å². The van der Waals surface area contributed by atoms with Gasteiger partial charge in [0, 0.05) is 9.75 Å². The Morgan fingerprint density at radius 3 is 2.50 bits per heavy atom. The van der Waals surface area contributed by atoms with Crippen LogP contribution in [0.4, 0.5) is 5.69 Å². The number of hydrogen-bond acceptors (Lipinski definition) is 3. The molecule has 1 heterocycles. The summed E-state index contributed by atoms with van der Waals surface area (Å²) in [5.74, 6) is -1.36. The number of carbonyl (C=O) groups is 2. The van der Waals surface area contributed by atoms with Gasteiger partial charge in [-0.2, -0.15) is 0 Å². The van der Waals surface area contributed by atoms with Gasteiger partial charge in [0.25, 0.3) is 5.91 Å². The molecule has 1 aromatic carbocycles. The standard InChI is InChI=1S/C14H12ClNO3S/c1-7-5-10(8(2)20-7)13(17)16-12-6-9(14(18)19)3-4-11(12)15/h3-6H,1-2H3,(H,16,17)(H,18,19). The topological polar surface area (TPSA) is 66.4 Å². The number of halogens is 1. The maximum atomic E-state index is 12.2. The zero-order valence-electron chi connectivity index (χ0n) is 10.9. The summed E-state index contributed by atoms with van der Waals surface area (Å²) in [5.41, 5.74) is 0.937. The van der Waals surface area contributed by atoms with E-state index in [9.17, 15) is 9.59 Å². The maximum Gasteiger partial charge on any atom is 0.335 e. The van der Waals surface area contributed by atoms with Crippen molar-refractivity contribution in [3.63, 3.8) is 0 Å². The molecule has 0 saturated carbocycles. The van der Waals surface area contributed by atoms with Gasteiger partial charge in [-0.1, -0.05) is 11.6 Å². The first-order chi connectivity index (χ1) is 9.38. The van der Waals surface area contributed by atoms with Gasteiger partial charge >= 0.3 is 5.97 Å². The summed E-state index contributed by atoms with van der Waals surface area (Å²) in [6.45, 7) is 3.79. The molecule has 0 bridgehead atoms. The maximum absolute atomic E-state index is 12.2. The van der Waals surface area contributed by atoms with Crippen molar-refractivity contribution in [3.8, 4) is 0 Å². The highest BCUT2D eigenvalue weighted by molar-refractivity contribution is 7.12. The number of carboxylic acids is 1. The molecule has 0 atom stereocenters. The number of benzene rings is 1. The van der Waals surface area contributed by atoms with Crippen LogP contribution in [0.5, 0.6) is 0 Å². The largest absolute Gasteiger partial charge is 0.478 e. The molecule has 2 N–H and O–H groups in total. The van der Waals surface area contributed by atoms with Gasteiger partial charge in [-0.25, -0.2) is 4.79 Å². The van der Waals surface area contributed by atoms with E-state index in [4.69, 9.17) is 16.7 Å². The van der Waals surface area contributed by atoms with E-state index in [0.717, 1.165) is 9.75 Å². The number of hydrogen-bond donors (Lipinski definition) is 2. The molecule has 2 aromatic rings. The van der Waals surface area contributed by atoms with Gasteiger partial charge in [0.15, 0.2) is 0 Å². The summed E-state index contributed by atoms with van der Waals surface area (Å²) in [7, 11) is 0. The number of thiophene rings is 1. The summed E-state index contributed by atoms with van der Waals surface area (Å²) in [6, 6.07) is 5.98. The Hall–Kier alpha value is -1.85. The van der Waals surface area contributed by atoms with Gasteiger partial charge in [-0.3, -0.25) is 4.79 Å². The van der Waals surface area contributed by atoms with E-state index in [1.807, 2.05) is 13.8 Å². The number of carboxylic acid groups (broad SMARTS) is 1. The summed E-state index contributed by atoms with van der Waals surface area (Å²) >= 11 is 7.50. The number of rotatable bonds is 3. The van der Waals surface area contributed by atoms with Crippen molar-refractivity contribution in [1.82, 2.24) is 0 Å². The Morgan fingerprint density at radius 2 is 1.95 bits per heavy atom. The van der Waals surface area contributed by atoms with Crippen LogP contribution >= 0.6 is 22.9 Å². The van der Waals surface area contributed by atoms with E-state index in [1.165, 1.54) is 29.5 Å². The first kappa shape index (κ1) is 14.6. The summed E-state index contributed by atoms with van der Waals surface area (Å²) in [4.78, 5) is 25.0. The van der Waals surface area contributed by atoms with Crippen molar-refractivity contribution in [2.75, 3.05) is 5.32 Å². The minimum absolute atomic E-state index is 0.0721. The predicted molar refractivity (Wildman–Crippen MR) is 80.2 cm³/mol. The summed E-state index contributed by atoms with van der Waals surface area (Å²) in [6.07, 6.45) is 0. The molecule has 0 radical (unpaired) electrons. The average Bonchev–Trinajstić information content (AvgIpc) is 2.71. The van der Waals surface area contributed by atoms with E-state index in [-0.39, 0.29) is 11.5 Å². The highest BCUT2D eigenvalue weighted by Gasteiger charge is 2.14. The highest BCUT2D eigenvalue weighted by Crippen LogP contribution is 2.26. The normalized spacial score (nSPS) is 10.3. The van der Waals surface area contributed by atoms with Gasteiger partial charge in [-0.15, -0.1) is 11.3 Å². The zero-order valence-corrected chi connectivity index (χ0v) is 12.4. The Bertz CT molecular complexity index is 694. The lowest BCUT2D eigenvalue weighted by Gasteiger charge is -2.08. The van der Waals surface area contributed by atoms with E-state index in [0.29, 0.717) is 16.3 Å². The lowest BCUT2D eigenvalue weighted by molar-refractivity contribution is 0.0696. The van der Waals surface area contributed by atoms with Crippen molar-refractivity contribution in [1.29, 1.82) is 0 Å². The Balaban J connectivity index is 2.30. The molecule has 1 aromatic heterocycles. The van der Waals surface area contributed by atoms with Crippen molar-refractivity contribution in [2.45, 2.75) is 13.8 Å². The van der Waals surface area contributed by atoms with Crippen LogP contribution in [0.3, 0.4) is 0 Å². The van der Waals surface area contributed by atoms with Crippen LogP contribution in [0.25, 0.3) is 0 Å². The third-order valence-electron chi connectivity index (χ3n) is 2.75. The van der Waals surface area contributed by atoms with E-state index < -0.39 is 5.97 Å². The smallest absolute Gasteiger partial charge is 0.335 e. The molecule has 6 heteroatoms. The van der Waals surface area contributed by atoms with Gasteiger partial charge in [0.05, 0.1) is 21.8 Å². The second-order valence-corrected chi connectivity index (χ2v) is 6.15. The lowest BCUT2D eigenvalue weighted by atomic mass is 10.2. The second kappa shape index (κ2) is 5.64. The molecule has 0 fully saturated rings. The first-order valence-corrected chi connectivity index (χ1v) is 6.99. The van der Waals surface area contributed by atoms with Gasteiger partial charge in [0.1, 0.15) is 0 Å². The Kier molecular flexibility index (Phi) is 4.11. The Labute approximate surface area is 125 Å². The molecule has 2 rings (SSSR count). The molecule has 104 valence electrons. The van der Waals surface area contributed by atoms with Gasteiger partial charge in [0.2, 0.25) is 0 Å². The van der Waals surface area contributed by atoms with Crippen molar-refractivity contribution < 1.29 is 14.7 Å². The highest BCUT2D eigenvalue weighted by atomic mass is 35.5. The predicted octanol–water partition coefficient (Wildman–Crippen LogP) is 3.97. The molecule has 0 unspecified atom stereocenters. The fourth-order valence-corrected chi connectivity index (χ4v) is 2.89. The number of carbonyl (C=O) groups excluding carboxylic acids is 1. The van der Waals surface area contributed by atoms with Crippen molar-refractivity contribution in [3.05, 3.63) is 50.2 Å². The number of aromatic carboxylic acids is 1. The van der Waals surface area contributed by atoms with Crippen LogP contribution in [0.2, 0.25) is 5.02 Å². The third-order valence-corrected chi connectivity index (χ3v) is 4.04. The van der Waals surface area contributed by atoms with Gasteiger partial charge < -0.3 is 10.4 Å². The zero-order chi connectivity index (χ0) is 14.9. The SMILES string of the molecule is Cc1cc(C(=O)Nc2cc(C(=O)O)ccc2Cl)c(C)s1. The molecule has 0 aliphatic carbocycles. The van der Waals surface area contributed by atoms with Crippen LogP contribution in [0, 0.1) is 13.8 Å². The number of nitrogens with one attached hydrogen (secondary N) is 1. The van der Waals surface area contributed by atoms with Crippen molar-refractivity contribution >= 4 is 40.5 Å². The number of aryl methyl sites for hydroxylation is 2. The van der Waals surface area contributed by atoms with Crippen molar-refractivity contribution in [2.24, 2.45) is 0 Å². The molecular weight excluding hydrogens is 298 g/mol. The van der Waals surface area contributed by atoms with Crippen LogP contribution in [-0.4, -0.2) is 17.0 Å². The lowest BCUT2D eigenvalue weighted by Crippen LogP contribution is -2.13. The molecule has 1 amide bonds. The Morgan fingerprint density at radius 1 is 1.25 bits per heavy atom. The molecule has 0 aliphatic heterocycles. The molecule has 0 spiro atoms. The number of anilines is 1. The van der Waals surface area contributed by atoms with Crippen LogP contribution < -0.4 is 5.32 Å². The fourth-order valence-electron chi connectivity index (χ4n) is 1.80. The minimum atomic E-state index is -1.07. The molecule has 20 heavy (non-hydrogen) atoms. The fraction of sp³-hybridized carbons (Fsp3) is 0.143. The average molecular weight is 310 g/mol. The van der Waals surface area contributed by atoms with E-state index in [1.54, 1.807) is 6.07 Å². The van der Waals surface area contributed by atoms with Gasteiger partial charge in [-0.05, 0) is 38.1 Å². The quantitative estimate of drug-likeness (QED) is 0.901. The summed E-state index contributed by atoms with van der Waals surface area (Å²) < 4.78 is 0. The molecule has 0 saturated heterocycles. The van der Waals surface area contributed by atoms with E-state index in [2.05, 4.69) is 5.32 Å². The monoisotopic (exact) mass is 309 g/mol. The first-order valence-electron chi connectivity index (χ1n) is 5.79. The summed E-state index contributed by atoms with van der Waals surface area (Å²) in [5, 5.41) is 11.9. The molecule has 4 nitrogen and oxygen atoms in total. The van der Waals surface area contributed by atoms with E-state index >= 15 is 0 Å². The van der Waals surface area contributed by atoms with Crippen LogP contribution in [-0.2, 0) is 0 Å². The minimum Gasteiger partial charge on any atom is -0.478 e. The molecular formula is C14H12ClNO3S. The van der Waals surface area contributed by atoms with Crippen LogP contribution in [0.1, 0.15) is 30.5 Å². The third kappa shape index (κ3) is 3.00.